The molecule has 2 aromatic rings. The number of carbonyl (C=O) groups is 1. The lowest BCUT2D eigenvalue weighted by molar-refractivity contribution is -0.149. The van der Waals surface area contributed by atoms with Gasteiger partial charge in [-0.2, -0.15) is 5.10 Å². The van der Waals surface area contributed by atoms with Gasteiger partial charge in [0.1, 0.15) is 18.4 Å². The lowest BCUT2D eigenvalue weighted by Crippen LogP contribution is -2.18. The van der Waals surface area contributed by atoms with Crippen LogP contribution in [0, 0.1) is 0 Å². The molecule has 0 radical (unpaired) electrons. The average Bonchev–Trinajstić information content (AvgIpc) is 2.96. The lowest BCUT2D eigenvalue weighted by Gasteiger charge is -2.09. The van der Waals surface area contributed by atoms with Crippen molar-refractivity contribution in [1.82, 2.24) is 14.9 Å². The molecular formula is C14H16N4O3. The Balaban J connectivity index is 1.86. The molecule has 0 amide bonds. The van der Waals surface area contributed by atoms with Gasteiger partial charge in [-0.3, -0.25) is 0 Å². The molecule has 0 unspecified atom stereocenters. The number of aromatic nitrogens is 3. The molecule has 21 heavy (non-hydrogen) atoms. The van der Waals surface area contributed by atoms with Crippen LogP contribution in [0.1, 0.15) is 19.4 Å². The molecule has 0 fully saturated rings. The molecule has 0 N–H and O–H groups in total. The van der Waals surface area contributed by atoms with Crippen molar-refractivity contribution in [3.05, 3.63) is 42.5 Å². The molecule has 0 saturated carbocycles. The van der Waals surface area contributed by atoms with E-state index in [1.165, 1.54) is 17.3 Å². The van der Waals surface area contributed by atoms with E-state index in [0.717, 1.165) is 5.56 Å². The van der Waals surface area contributed by atoms with Gasteiger partial charge in [0.2, 0.25) is 0 Å². The second kappa shape index (κ2) is 7.18. The zero-order valence-corrected chi connectivity index (χ0v) is 11.8. The molecule has 0 aliphatic heterocycles. The Kier molecular flexibility index (Phi) is 5.03. The average molecular weight is 288 g/mol. The summed E-state index contributed by atoms with van der Waals surface area (Å²) in [5.41, 5.74) is 0.890. The SMILES string of the molecule is CC(C)OC(=O)COc1ccc(/C=N\n2cnnc2)cc1. The summed E-state index contributed by atoms with van der Waals surface area (Å²) in [4.78, 5) is 11.3. The fourth-order valence-electron chi connectivity index (χ4n) is 1.48. The number of hydrogen-bond acceptors (Lipinski definition) is 6. The summed E-state index contributed by atoms with van der Waals surface area (Å²) in [5, 5.41) is 11.4. The summed E-state index contributed by atoms with van der Waals surface area (Å²) in [5.74, 6) is 0.209. The molecule has 0 bridgehead atoms. The number of carbonyl (C=O) groups excluding carboxylic acids is 1. The number of rotatable bonds is 6. The van der Waals surface area contributed by atoms with Gasteiger partial charge in [-0.25, -0.2) is 9.47 Å². The highest BCUT2D eigenvalue weighted by molar-refractivity contribution is 5.79. The van der Waals surface area contributed by atoms with Gasteiger partial charge in [0, 0.05) is 0 Å². The van der Waals surface area contributed by atoms with Gasteiger partial charge in [-0.1, -0.05) is 0 Å². The Bertz CT molecular complexity index is 591. The van der Waals surface area contributed by atoms with Crippen molar-refractivity contribution in [3.8, 4) is 5.75 Å². The second-order valence-corrected chi connectivity index (χ2v) is 4.48. The molecule has 7 nitrogen and oxygen atoms in total. The maximum Gasteiger partial charge on any atom is 0.344 e. The molecule has 0 aliphatic carbocycles. The molecule has 2 rings (SSSR count). The minimum absolute atomic E-state index is 0.105. The Morgan fingerprint density at radius 1 is 1.29 bits per heavy atom. The summed E-state index contributed by atoms with van der Waals surface area (Å²) in [6, 6.07) is 7.18. The van der Waals surface area contributed by atoms with Crippen molar-refractivity contribution in [2.45, 2.75) is 20.0 Å². The van der Waals surface area contributed by atoms with Gasteiger partial charge in [-0.05, 0) is 43.7 Å². The number of esters is 1. The van der Waals surface area contributed by atoms with E-state index in [2.05, 4.69) is 15.3 Å². The van der Waals surface area contributed by atoms with Crippen LogP contribution in [-0.2, 0) is 9.53 Å². The highest BCUT2D eigenvalue weighted by Crippen LogP contribution is 2.11. The fourth-order valence-corrected chi connectivity index (χ4v) is 1.48. The van der Waals surface area contributed by atoms with Gasteiger partial charge >= 0.3 is 5.97 Å². The van der Waals surface area contributed by atoms with Crippen molar-refractivity contribution in [1.29, 1.82) is 0 Å². The maximum atomic E-state index is 11.3. The van der Waals surface area contributed by atoms with Crippen LogP contribution >= 0.6 is 0 Å². The van der Waals surface area contributed by atoms with Crippen molar-refractivity contribution in [2.24, 2.45) is 5.10 Å². The van der Waals surface area contributed by atoms with Gasteiger partial charge < -0.3 is 9.47 Å². The van der Waals surface area contributed by atoms with Gasteiger partial charge in [-0.15, -0.1) is 10.2 Å². The Morgan fingerprint density at radius 3 is 2.57 bits per heavy atom. The van der Waals surface area contributed by atoms with Crippen LogP contribution in [-0.4, -0.2) is 39.8 Å². The highest BCUT2D eigenvalue weighted by atomic mass is 16.6. The normalized spacial score (nSPS) is 11.0. The summed E-state index contributed by atoms with van der Waals surface area (Å²) in [7, 11) is 0. The minimum Gasteiger partial charge on any atom is -0.482 e. The van der Waals surface area contributed by atoms with E-state index in [9.17, 15) is 4.79 Å². The first kappa shape index (κ1) is 14.7. The lowest BCUT2D eigenvalue weighted by atomic mass is 10.2. The number of nitrogens with zero attached hydrogens (tertiary/aromatic N) is 4. The van der Waals surface area contributed by atoms with Crippen LogP contribution < -0.4 is 4.74 Å². The largest absolute Gasteiger partial charge is 0.482 e. The predicted octanol–water partition coefficient (Wildman–Crippen LogP) is 1.49. The molecule has 0 atom stereocenters. The van der Waals surface area contributed by atoms with E-state index in [1.54, 1.807) is 32.2 Å². The Morgan fingerprint density at radius 2 is 1.95 bits per heavy atom. The topological polar surface area (TPSA) is 78.6 Å². The molecule has 0 spiro atoms. The third kappa shape index (κ3) is 5.06. The summed E-state index contributed by atoms with van der Waals surface area (Å²) >= 11 is 0. The molecule has 110 valence electrons. The Hall–Kier alpha value is -2.70. The third-order valence-corrected chi connectivity index (χ3v) is 2.35. The number of ether oxygens (including phenoxy) is 2. The van der Waals surface area contributed by atoms with E-state index in [-0.39, 0.29) is 18.7 Å². The third-order valence-electron chi connectivity index (χ3n) is 2.35. The van der Waals surface area contributed by atoms with Crippen LogP contribution in [0.2, 0.25) is 0 Å². The number of hydrogen-bond donors (Lipinski definition) is 0. The first-order valence-electron chi connectivity index (χ1n) is 6.45. The van der Waals surface area contributed by atoms with E-state index in [4.69, 9.17) is 9.47 Å². The first-order valence-corrected chi connectivity index (χ1v) is 6.45. The van der Waals surface area contributed by atoms with E-state index in [0.29, 0.717) is 5.75 Å². The van der Waals surface area contributed by atoms with Crippen molar-refractivity contribution in [2.75, 3.05) is 6.61 Å². The molecule has 7 heteroatoms. The van der Waals surface area contributed by atoms with Crippen LogP contribution in [0.4, 0.5) is 0 Å². The van der Waals surface area contributed by atoms with E-state index < -0.39 is 0 Å². The van der Waals surface area contributed by atoms with Crippen LogP contribution in [0.5, 0.6) is 5.75 Å². The van der Waals surface area contributed by atoms with Gasteiger partial charge in [0.05, 0.1) is 12.3 Å². The highest BCUT2D eigenvalue weighted by Gasteiger charge is 2.06. The van der Waals surface area contributed by atoms with E-state index in [1.807, 2.05) is 12.1 Å². The standard InChI is InChI=1S/C14H16N4O3/c1-11(2)21-14(19)8-20-13-5-3-12(4-6-13)7-17-18-9-15-16-10-18/h3-7,9-11H,8H2,1-2H3/b17-7-. The monoisotopic (exact) mass is 288 g/mol. The predicted molar refractivity (Wildman–Crippen MR) is 76.2 cm³/mol. The molecule has 1 heterocycles. The smallest absolute Gasteiger partial charge is 0.344 e. The summed E-state index contributed by atoms with van der Waals surface area (Å²) in [6.45, 7) is 3.48. The number of benzene rings is 1. The molecule has 0 aliphatic rings. The zero-order chi connectivity index (χ0) is 15.1. The maximum absolute atomic E-state index is 11.3. The zero-order valence-electron chi connectivity index (χ0n) is 11.8. The fraction of sp³-hybridized carbons (Fsp3) is 0.286. The van der Waals surface area contributed by atoms with E-state index >= 15 is 0 Å². The molecular weight excluding hydrogens is 272 g/mol. The van der Waals surface area contributed by atoms with Crippen LogP contribution in [0.3, 0.4) is 0 Å². The second-order valence-electron chi connectivity index (χ2n) is 4.48. The van der Waals surface area contributed by atoms with Crippen molar-refractivity contribution >= 4 is 12.2 Å². The van der Waals surface area contributed by atoms with Crippen molar-refractivity contribution < 1.29 is 14.3 Å². The van der Waals surface area contributed by atoms with Gasteiger partial charge in [0.25, 0.3) is 0 Å². The summed E-state index contributed by atoms with van der Waals surface area (Å²) in [6.07, 6.45) is 4.51. The van der Waals surface area contributed by atoms with Crippen LogP contribution in [0.25, 0.3) is 0 Å². The van der Waals surface area contributed by atoms with Crippen LogP contribution in [0.15, 0.2) is 42.0 Å². The summed E-state index contributed by atoms with van der Waals surface area (Å²) < 4.78 is 11.8. The quantitative estimate of drug-likeness (QED) is 0.594. The molecule has 1 aromatic heterocycles. The molecule has 0 saturated heterocycles. The van der Waals surface area contributed by atoms with Gasteiger partial charge in [0.15, 0.2) is 6.61 Å². The van der Waals surface area contributed by atoms with Crippen molar-refractivity contribution in [3.63, 3.8) is 0 Å². The molecule has 1 aromatic carbocycles. The first-order chi connectivity index (χ1) is 10.1. The Labute approximate surface area is 122 Å². The minimum atomic E-state index is -0.386.